The van der Waals surface area contributed by atoms with Crippen LogP contribution in [-0.2, 0) is 22.2 Å². The van der Waals surface area contributed by atoms with Crippen LogP contribution in [0.4, 0.5) is 23.8 Å². The molecule has 4 saturated heterocycles. The van der Waals surface area contributed by atoms with E-state index in [-0.39, 0.29) is 45.3 Å². The summed E-state index contributed by atoms with van der Waals surface area (Å²) in [4.78, 5) is 108. The number of hydrogen-bond acceptors (Lipinski definition) is 23. The first-order valence-electron chi connectivity index (χ1n) is 54.4. The highest BCUT2D eigenvalue weighted by Crippen LogP contribution is 2.51. The number of likely N-dealkylation sites (tertiary alicyclic amines) is 1. The molecule has 16 heterocycles. The van der Waals surface area contributed by atoms with Gasteiger partial charge in [-0.05, 0) is 256 Å². The van der Waals surface area contributed by atoms with Gasteiger partial charge in [0, 0.05) is 221 Å². The minimum Gasteiger partial charge on any atom is -0.351 e. The van der Waals surface area contributed by atoms with Crippen molar-refractivity contribution in [3.05, 3.63) is 71.8 Å². The number of piperazine rings is 3. The predicted molar refractivity (Wildman–Crippen MR) is 534 cm³/mol. The first-order chi connectivity index (χ1) is 65.5. The molecule has 8 aromatic heterocycles. The summed E-state index contributed by atoms with van der Waals surface area (Å²) in [5.41, 5.74) is 7.61. The lowest BCUT2D eigenvalue weighted by molar-refractivity contribution is 0.0800. The van der Waals surface area contributed by atoms with Gasteiger partial charge in [-0.3, -0.25) is 33.9 Å². The number of ketones is 4. The zero-order chi connectivity index (χ0) is 91.1. The molecule has 8 aromatic rings. The monoisotopic (exact) mass is 1830 g/mol. The van der Waals surface area contributed by atoms with Crippen LogP contribution in [0.2, 0.25) is 0 Å². The van der Waals surface area contributed by atoms with E-state index >= 15 is 0 Å². The largest absolute Gasteiger partial charge is 0.351 e. The van der Waals surface area contributed by atoms with Gasteiger partial charge in [-0.2, -0.15) is 19.9 Å². The molecule has 0 unspecified atom stereocenters. The molecule has 0 atom stereocenters. The fourth-order valence-electron chi connectivity index (χ4n) is 28.6. The maximum atomic E-state index is 12.8. The molecular formula is C107H157N23O4. The van der Waals surface area contributed by atoms with Crippen LogP contribution in [0.1, 0.15) is 358 Å². The van der Waals surface area contributed by atoms with Crippen molar-refractivity contribution in [3.8, 4) is 0 Å². The molecule has 27 nitrogen and oxygen atoms in total. The van der Waals surface area contributed by atoms with E-state index in [1.807, 2.05) is 49.1 Å². The Kier molecular flexibility index (Phi) is 27.9. The third-order valence-electron chi connectivity index (χ3n) is 36.9. The van der Waals surface area contributed by atoms with Crippen LogP contribution < -0.4 is 21.3 Å². The predicted octanol–water partition coefficient (Wildman–Crippen LogP) is 18.4. The fraction of sp³-hybridized carbons (Fsp3) is 0.738. The SMILES string of the molecule is CC1CCN(C2CCC(Nc3ncc4cc5n(c4n3)C3(CCCCC3)CCC5=O)CC2)CC1.CCN1CCN(C2CCC(Nc3ncc4cc5n(c4n3)C3(CCCCC3)CCC5=O)CC2)CC1.CCN1CCN(C2CCC(Nc3ncc4cc5n(c4n3)C3(CCCCC3)CCC5=O)CC2)CC1.CN1CCN(C2CCC(Nc3ncc4cc5n(c4n3)C3(CCCCC3)CCC5=O)CC2)CC1. The molecule has 8 saturated carbocycles. The maximum absolute atomic E-state index is 12.8. The smallest absolute Gasteiger partial charge is 0.224 e. The Morgan fingerprint density at radius 3 is 0.761 bits per heavy atom. The third kappa shape index (κ3) is 19.3. The molecule has 4 spiro atoms. The van der Waals surface area contributed by atoms with E-state index in [1.165, 1.54) is 349 Å². The zero-order valence-electron chi connectivity index (χ0n) is 81.8. The molecule has 724 valence electrons. The number of carbonyl (C=O) groups excluding carboxylic acids is 4. The van der Waals surface area contributed by atoms with Crippen molar-refractivity contribution in [2.75, 3.05) is 133 Å². The van der Waals surface area contributed by atoms with Crippen LogP contribution in [0.5, 0.6) is 0 Å². The second-order valence-electron chi connectivity index (χ2n) is 44.8. The molecule has 8 aliphatic carbocycles. The summed E-state index contributed by atoms with van der Waals surface area (Å²) in [5, 5.41) is 18.7. The Labute approximate surface area is 795 Å². The highest BCUT2D eigenvalue weighted by Gasteiger charge is 2.48. The minimum absolute atomic E-state index is 0.0781. The Hall–Kier alpha value is -7.92. The van der Waals surface area contributed by atoms with E-state index < -0.39 is 0 Å². The van der Waals surface area contributed by atoms with E-state index in [0.29, 0.717) is 49.9 Å². The third-order valence-corrected chi connectivity index (χ3v) is 36.9. The van der Waals surface area contributed by atoms with Crippen LogP contribution >= 0.6 is 0 Å². The molecule has 0 aromatic carbocycles. The molecule has 8 aliphatic heterocycles. The molecule has 27 heteroatoms. The maximum Gasteiger partial charge on any atom is 0.224 e. The van der Waals surface area contributed by atoms with Gasteiger partial charge in [0.15, 0.2) is 23.1 Å². The number of hydrogen-bond donors (Lipinski definition) is 4. The first-order valence-corrected chi connectivity index (χ1v) is 54.4. The highest BCUT2D eigenvalue weighted by molar-refractivity contribution is 6.03. The van der Waals surface area contributed by atoms with Crippen molar-refractivity contribution in [3.63, 3.8) is 0 Å². The number of aromatic nitrogens is 12. The van der Waals surface area contributed by atoms with Gasteiger partial charge in [0.05, 0.1) is 22.8 Å². The molecule has 134 heavy (non-hydrogen) atoms. The molecule has 4 N–H and O–H groups in total. The van der Waals surface area contributed by atoms with E-state index in [2.05, 4.69) is 122 Å². The van der Waals surface area contributed by atoms with Crippen molar-refractivity contribution in [1.29, 1.82) is 0 Å². The number of rotatable bonds is 14. The highest BCUT2D eigenvalue weighted by atomic mass is 16.1. The Bertz CT molecular complexity index is 5060. The fourth-order valence-corrected chi connectivity index (χ4v) is 28.6. The van der Waals surface area contributed by atoms with E-state index in [4.69, 9.17) is 19.9 Å². The number of nitrogens with zero attached hydrogens (tertiary/aromatic N) is 19. The summed E-state index contributed by atoms with van der Waals surface area (Å²) in [6.45, 7) is 26.4. The zero-order valence-corrected chi connectivity index (χ0v) is 81.8. The van der Waals surface area contributed by atoms with Crippen molar-refractivity contribution in [2.24, 2.45) is 5.92 Å². The summed E-state index contributed by atoms with van der Waals surface area (Å²) >= 11 is 0. The van der Waals surface area contributed by atoms with Crippen molar-refractivity contribution in [1.82, 2.24) is 92.4 Å². The quantitative estimate of drug-likeness (QED) is 0.0788. The molecule has 12 fully saturated rings. The molecule has 24 rings (SSSR count). The number of likely N-dealkylation sites (N-methyl/N-ethyl adjacent to an activating group) is 3. The van der Waals surface area contributed by atoms with Gasteiger partial charge in [0.1, 0.15) is 22.6 Å². The normalized spacial score (nSPS) is 28.6. The number of carbonyl (C=O) groups is 4. The number of fused-ring (bicyclic) bond motifs is 16. The first kappa shape index (κ1) is 92.4. The number of anilines is 4. The van der Waals surface area contributed by atoms with E-state index in [1.54, 1.807) is 0 Å². The Morgan fingerprint density at radius 2 is 0.522 bits per heavy atom. The number of nitrogens with one attached hydrogen (secondary N) is 4. The van der Waals surface area contributed by atoms with Crippen LogP contribution in [0.15, 0.2) is 49.1 Å². The Balaban J connectivity index is 0.000000107. The lowest BCUT2D eigenvalue weighted by atomic mass is 9.75. The van der Waals surface area contributed by atoms with Crippen molar-refractivity contribution < 1.29 is 19.2 Å². The van der Waals surface area contributed by atoms with Crippen LogP contribution in [-0.4, -0.2) is 276 Å². The minimum atomic E-state index is 0.0781. The van der Waals surface area contributed by atoms with E-state index in [9.17, 15) is 19.2 Å². The van der Waals surface area contributed by atoms with Crippen molar-refractivity contribution in [2.45, 2.75) is 387 Å². The van der Waals surface area contributed by atoms with Crippen LogP contribution in [0.3, 0.4) is 0 Å². The summed E-state index contributed by atoms with van der Waals surface area (Å²) in [7, 11) is 2.23. The second kappa shape index (κ2) is 40.5. The Morgan fingerprint density at radius 1 is 0.291 bits per heavy atom. The van der Waals surface area contributed by atoms with Gasteiger partial charge in [-0.1, -0.05) is 97.8 Å². The average Bonchev–Trinajstić information content (AvgIpc) is 1.57. The van der Waals surface area contributed by atoms with Gasteiger partial charge < -0.3 is 59.1 Å². The topological polar surface area (TPSA) is 262 Å². The number of piperidine rings is 1. The summed E-state index contributed by atoms with van der Waals surface area (Å²) in [5.74, 6) is 4.90. The van der Waals surface area contributed by atoms with Gasteiger partial charge >= 0.3 is 0 Å². The molecular weight excluding hydrogens is 1670 g/mol. The standard InChI is InChI=1S/2C27H40N6O.C27H39N5O.C26H38N6O/c2*1-2-31-14-16-32(17-15-31)22-8-6-21(7-9-22)29-26-28-19-20-18-23-24(34)10-13-27(11-4-3-5-12-27)33(23)25(20)30-26;1-19-10-15-31(16-11-19)22-7-5-21(6-8-22)29-26-28-18-20-17-23-24(33)9-14-27(12-3-2-4-13-27)32(23)25(20)30-26;1-30-13-15-31(16-14-30)21-7-5-20(6-8-21)28-25-27-18-19-17-22-23(33)9-12-26(10-3-2-4-11-26)32(22)24(19)29-25/h2*18-19,21-22H,2-17H2,1H3,(H,28,29,30);17-19,21-22H,2-16H2,1H3,(H,28,29,30);17-18,20-21H,2-16H2,1H3,(H,27,28,29). The van der Waals surface area contributed by atoms with Gasteiger partial charge in [-0.15, -0.1) is 0 Å². The summed E-state index contributed by atoms with van der Waals surface area (Å²) < 4.78 is 9.30. The lowest BCUT2D eigenvalue weighted by Crippen LogP contribution is -2.51. The molecule has 0 radical (unpaired) electrons. The van der Waals surface area contributed by atoms with Gasteiger partial charge in [-0.25, -0.2) is 19.9 Å². The van der Waals surface area contributed by atoms with Gasteiger partial charge in [0.2, 0.25) is 23.8 Å². The van der Waals surface area contributed by atoms with E-state index in [0.717, 1.165) is 146 Å². The summed E-state index contributed by atoms with van der Waals surface area (Å²) in [6, 6.07) is 12.9. The average molecular weight is 1830 g/mol. The van der Waals surface area contributed by atoms with Crippen LogP contribution in [0.25, 0.3) is 44.1 Å². The van der Waals surface area contributed by atoms with Gasteiger partial charge in [0.25, 0.3) is 0 Å². The molecule has 0 amide bonds. The second-order valence-corrected chi connectivity index (χ2v) is 44.8. The lowest BCUT2D eigenvalue weighted by Gasteiger charge is -2.42. The summed E-state index contributed by atoms with van der Waals surface area (Å²) in [6.07, 6.45) is 61.1. The van der Waals surface area contributed by atoms with Crippen molar-refractivity contribution >= 4 is 91.1 Å². The number of Topliss-reactive ketones (excluding diaryl/α,β-unsaturated/α-hetero) is 4. The molecule has 16 aliphatic rings. The molecule has 0 bridgehead atoms. The van der Waals surface area contributed by atoms with Crippen LogP contribution in [0, 0.1) is 5.92 Å².